The van der Waals surface area contributed by atoms with E-state index in [9.17, 15) is 5.11 Å². The van der Waals surface area contributed by atoms with Gasteiger partial charge in [0.15, 0.2) is 0 Å². The molecule has 0 aliphatic rings. The lowest BCUT2D eigenvalue weighted by atomic mass is 10.1. The number of aryl methyl sites for hydroxylation is 1. The second-order valence-corrected chi connectivity index (χ2v) is 3.94. The van der Waals surface area contributed by atoms with E-state index in [1.165, 1.54) is 0 Å². The van der Waals surface area contributed by atoms with Gasteiger partial charge in [-0.2, -0.15) is 0 Å². The van der Waals surface area contributed by atoms with E-state index < -0.39 is 0 Å². The van der Waals surface area contributed by atoms with E-state index in [0.29, 0.717) is 0 Å². The molecule has 1 atom stereocenters. The van der Waals surface area contributed by atoms with E-state index in [2.05, 4.69) is 13.8 Å². The van der Waals surface area contributed by atoms with E-state index in [1.54, 1.807) is 0 Å². The van der Waals surface area contributed by atoms with Crippen molar-refractivity contribution in [2.75, 3.05) is 0 Å². The molecule has 1 rings (SSSR count). The quantitative estimate of drug-likeness (QED) is 0.805. The van der Waals surface area contributed by atoms with Crippen LogP contribution in [-0.2, 0) is 6.61 Å². The third-order valence-corrected chi connectivity index (χ3v) is 2.48. The number of aliphatic hydroxyl groups is 1. The number of hydrogen-bond acceptors (Lipinski definition) is 2. The van der Waals surface area contributed by atoms with Crippen molar-refractivity contribution < 1.29 is 9.84 Å². The Morgan fingerprint density at radius 2 is 2.13 bits per heavy atom. The van der Waals surface area contributed by atoms with Crippen LogP contribution in [0.3, 0.4) is 0 Å². The summed E-state index contributed by atoms with van der Waals surface area (Å²) in [6, 6.07) is 5.85. The van der Waals surface area contributed by atoms with Gasteiger partial charge in [-0.25, -0.2) is 0 Å². The maximum Gasteiger partial charge on any atom is 0.128 e. The van der Waals surface area contributed by atoms with Gasteiger partial charge in [0.1, 0.15) is 5.75 Å². The van der Waals surface area contributed by atoms with Crippen molar-refractivity contribution in [2.45, 2.75) is 46.3 Å². The molecule has 1 N–H and O–H groups in total. The number of ether oxygens (including phenoxy) is 1. The first-order chi connectivity index (χ1) is 7.19. The summed E-state index contributed by atoms with van der Waals surface area (Å²) < 4.78 is 5.85. The molecule has 0 fully saturated rings. The first-order valence-electron chi connectivity index (χ1n) is 5.55. The molecule has 1 aromatic carbocycles. The zero-order valence-electron chi connectivity index (χ0n) is 9.79. The van der Waals surface area contributed by atoms with Crippen LogP contribution in [0.15, 0.2) is 18.2 Å². The smallest absolute Gasteiger partial charge is 0.128 e. The number of rotatable bonds is 5. The van der Waals surface area contributed by atoms with Crippen LogP contribution in [0.1, 0.15) is 37.8 Å². The van der Waals surface area contributed by atoms with Gasteiger partial charge in [0.25, 0.3) is 0 Å². The zero-order valence-corrected chi connectivity index (χ0v) is 9.79. The van der Waals surface area contributed by atoms with E-state index in [0.717, 1.165) is 29.7 Å². The van der Waals surface area contributed by atoms with Crippen molar-refractivity contribution in [1.82, 2.24) is 0 Å². The van der Waals surface area contributed by atoms with Crippen molar-refractivity contribution in [1.29, 1.82) is 0 Å². The molecule has 2 heteroatoms. The second-order valence-electron chi connectivity index (χ2n) is 3.94. The maximum atomic E-state index is 9.21. The van der Waals surface area contributed by atoms with Gasteiger partial charge < -0.3 is 9.84 Å². The number of benzene rings is 1. The standard InChI is InChI=1S/C13H20O2/c1-4-6-11(3)15-13-10(2)7-5-8-12(13)9-14/h5,7-8,11,14H,4,6,9H2,1-3H3. The molecule has 0 saturated carbocycles. The Hall–Kier alpha value is -1.02. The summed E-state index contributed by atoms with van der Waals surface area (Å²) >= 11 is 0. The Morgan fingerprint density at radius 1 is 1.40 bits per heavy atom. The number of para-hydroxylation sites is 1. The van der Waals surface area contributed by atoms with Gasteiger partial charge >= 0.3 is 0 Å². The third kappa shape index (κ3) is 3.24. The van der Waals surface area contributed by atoms with Crippen molar-refractivity contribution in [3.05, 3.63) is 29.3 Å². The SMILES string of the molecule is CCCC(C)Oc1c(C)cccc1CO. The Kier molecular flexibility index (Phi) is 4.63. The maximum absolute atomic E-state index is 9.21. The largest absolute Gasteiger partial charge is 0.490 e. The van der Waals surface area contributed by atoms with Crippen LogP contribution in [0, 0.1) is 6.92 Å². The Morgan fingerprint density at radius 3 is 2.73 bits per heavy atom. The molecular weight excluding hydrogens is 188 g/mol. The molecule has 0 spiro atoms. The fraction of sp³-hybridized carbons (Fsp3) is 0.538. The van der Waals surface area contributed by atoms with Gasteiger partial charge in [-0.05, 0) is 25.8 Å². The normalized spacial score (nSPS) is 12.5. The Bertz CT molecular complexity index is 307. The number of hydrogen-bond donors (Lipinski definition) is 1. The Labute approximate surface area is 91.9 Å². The van der Waals surface area contributed by atoms with Crippen LogP contribution in [0.2, 0.25) is 0 Å². The molecule has 84 valence electrons. The summed E-state index contributed by atoms with van der Waals surface area (Å²) in [5.41, 5.74) is 1.96. The molecule has 0 amide bonds. The van der Waals surface area contributed by atoms with Crippen LogP contribution in [0.5, 0.6) is 5.75 Å². The average Bonchev–Trinajstić information content (AvgIpc) is 2.21. The topological polar surface area (TPSA) is 29.5 Å². The molecule has 1 unspecified atom stereocenters. The summed E-state index contributed by atoms with van der Waals surface area (Å²) in [4.78, 5) is 0. The monoisotopic (exact) mass is 208 g/mol. The van der Waals surface area contributed by atoms with Crippen LogP contribution in [-0.4, -0.2) is 11.2 Å². The molecular formula is C13H20O2. The molecule has 0 aromatic heterocycles. The summed E-state index contributed by atoms with van der Waals surface area (Å²) in [5, 5.41) is 9.21. The molecule has 0 radical (unpaired) electrons. The number of aliphatic hydroxyl groups excluding tert-OH is 1. The fourth-order valence-electron chi connectivity index (χ4n) is 1.67. The summed E-state index contributed by atoms with van der Waals surface area (Å²) in [5.74, 6) is 0.848. The summed E-state index contributed by atoms with van der Waals surface area (Å²) in [7, 11) is 0. The van der Waals surface area contributed by atoms with Gasteiger partial charge in [0, 0.05) is 5.56 Å². The first kappa shape index (κ1) is 12.1. The molecule has 0 bridgehead atoms. The highest BCUT2D eigenvalue weighted by atomic mass is 16.5. The molecule has 0 heterocycles. The molecule has 1 aromatic rings. The minimum Gasteiger partial charge on any atom is -0.490 e. The van der Waals surface area contributed by atoms with Crippen LogP contribution in [0.4, 0.5) is 0 Å². The second kappa shape index (κ2) is 5.76. The van der Waals surface area contributed by atoms with E-state index in [1.807, 2.05) is 25.1 Å². The van der Waals surface area contributed by atoms with Crippen molar-refractivity contribution in [3.8, 4) is 5.75 Å². The van der Waals surface area contributed by atoms with Crippen molar-refractivity contribution >= 4 is 0 Å². The predicted octanol–water partition coefficient (Wildman–Crippen LogP) is 3.05. The minimum atomic E-state index is 0.0376. The van der Waals surface area contributed by atoms with Gasteiger partial charge in [0.05, 0.1) is 12.7 Å². The average molecular weight is 208 g/mol. The van der Waals surface area contributed by atoms with Crippen molar-refractivity contribution in [3.63, 3.8) is 0 Å². The zero-order chi connectivity index (χ0) is 11.3. The highest BCUT2D eigenvalue weighted by molar-refractivity contribution is 5.40. The molecule has 0 saturated heterocycles. The third-order valence-electron chi connectivity index (χ3n) is 2.48. The first-order valence-corrected chi connectivity index (χ1v) is 5.55. The van der Waals surface area contributed by atoms with Gasteiger partial charge in [-0.1, -0.05) is 31.5 Å². The lowest BCUT2D eigenvalue weighted by Gasteiger charge is -2.18. The lowest BCUT2D eigenvalue weighted by Crippen LogP contribution is -2.13. The lowest BCUT2D eigenvalue weighted by molar-refractivity contribution is 0.198. The Balaban J connectivity index is 2.82. The molecule has 0 aliphatic heterocycles. The molecule has 2 nitrogen and oxygen atoms in total. The van der Waals surface area contributed by atoms with Crippen LogP contribution >= 0.6 is 0 Å². The van der Waals surface area contributed by atoms with Gasteiger partial charge in [-0.3, -0.25) is 0 Å². The predicted molar refractivity (Wildman–Crippen MR) is 62.1 cm³/mol. The van der Waals surface area contributed by atoms with Gasteiger partial charge in [-0.15, -0.1) is 0 Å². The van der Waals surface area contributed by atoms with Crippen molar-refractivity contribution in [2.24, 2.45) is 0 Å². The van der Waals surface area contributed by atoms with Crippen LogP contribution in [0.25, 0.3) is 0 Å². The van der Waals surface area contributed by atoms with Gasteiger partial charge in [0.2, 0.25) is 0 Å². The minimum absolute atomic E-state index is 0.0376. The highest BCUT2D eigenvalue weighted by Crippen LogP contribution is 2.25. The van der Waals surface area contributed by atoms with E-state index >= 15 is 0 Å². The van der Waals surface area contributed by atoms with E-state index in [4.69, 9.17) is 4.74 Å². The molecule has 0 aliphatic carbocycles. The summed E-state index contributed by atoms with van der Waals surface area (Å²) in [6.07, 6.45) is 2.36. The molecule has 15 heavy (non-hydrogen) atoms. The summed E-state index contributed by atoms with van der Waals surface area (Å²) in [6.45, 7) is 6.25. The fourth-order valence-corrected chi connectivity index (χ4v) is 1.67. The van der Waals surface area contributed by atoms with E-state index in [-0.39, 0.29) is 12.7 Å². The van der Waals surface area contributed by atoms with Crippen LogP contribution < -0.4 is 4.74 Å². The highest BCUT2D eigenvalue weighted by Gasteiger charge is 2.09.